The Morgan fingerprint density at radius 2 is 1.50 bits per heavy atom. The molecule has 0 aromatic rings. The van der Waals surface area contributed by atoms with Crippen molar-refractivity contribution in [3.63, 3.8) is 0 Å². The SMILES string of the molecule is CCCC(C)CC(C)(C(=O)OCC)C(=O)OCC. The molecule has 0 rings (SSSR count). The number of esters is 2. The molecule has 0 bridgehead atoms. The first-order valence-corrected chi connectivity index (χ1v) is 6.76. The van der Waals surface area contributed by atoms with Gasteiger partial charge in [0.25, 0.3) is 0 Å². The molecule has 0 heterocycles. The molecular formula is C14H26O4. The van der Waals surface area contributed by atoms with Crippen molar-refractivity contribution < 1.29 is 19.1 Å². The van der Waals surface area contributed by atoms with Gasteiger partial charge in [0.2, 0.25) is 0 Å². The van der Waals surface area contributed by atoms with E-state index in [1.54, 1.807) is 20.8 Å². The maximum absolute atomic E-state index is 12.0. The number of ether oxygens (including phenoxy) is 2. The van der Waals surface area contributed by atoms with E-state index in [1.165, 1.54) is 0 Å². The quantitative estimate of drug-likeness (QED) is 0.496. The molecule has 4 nitrogen and oxygen atoms in total. The molecule has 4 heteroatoms. The zero-order valence-corrected chi connectivity index (χ0v) is 12.2. The minimum atomic E-state index is -1.18. The zero-order chi connectivity index (χ0) is 14.2. The number of hydrogen-bond donors (Lipinski definition) is 0. The maximum Gasteiger partial charge on any atom is 0.323 e. The van der Waals surface area contributed by atoms with Gasteiger partial charge in [0.1, 0.15) is 0 Å². The number of carbonyl (C=O) groups is 2. The fourth-order valence-electron chi connectivity index (χ4n) is 2.12. The van der Waals surface area contributed by atoms with Crippen molar-refractivity contribution in [1.82, 2.24) is 0 Å². The maximum atomic E-state index is 12.0. The molecule has 106 valence electrons. The van der Waals surface area contributed by atoms with Gasteiger partial charge in [-0.1, -0.05) is 26.7 Å². The molecule has 0 amide bonds. The predicted molar refractivity (Wildman–Crippen MR) is 70.1 cm³/mol. The molecule has 0 N–H and O–H groups in total. The molecular weight excluding hydrogens is 232 g/mol. The van der Waals surface area contributed by atoms with Gasteiger partial charge in [-0.2, -0.15) is 0 Å². The van der Waals surface area contributed by atoms with E-state index in [0.29, 0.717) is 6.42 Å². The van der Waals surface area contributed by atoms with Crippen molar-refractivity contribution in [2.75, 3.05) is 13.2 Å². The van der Waals surface area contributed by atoms with Gasteiger partial charge in [-0.25, -0.2) is 0 Å². The Labute approximate surface area is 110 Å². The van der Waals surface area contributed by atoms with Crippen molar-refractivity contribution in [2.24, 2.45) is 11.3 Å². The van der Waals surface area contributed by atoms with Crippen LogP contribution in [0.15, 0.2) is 0 Å². The molecule has 0 aliphatic carbocycles. The Morgan fingerprint density at radius 1 is 1.06 bits per heavy atom. The van der Waals surface area contributed by atoms with Crippen molar-refractivity contribution in [3.8, 4) is 0 Å². The summed E-state index contributed by atoms with van der Waals surface area (Å²) in [5.74, 6) is -0.674. The lowest BCUT2D eigenvalue weighted by atomic mass is 9.80. The second-order valence-electron chi connectivity index (χ2n) is 4.87. The van der Waals surface area contributed by atoms with Crippen LogP contribution in [0.25, 0.3) is 0 Å². The van der Waals surface area contributed by atoms with Crippen molar-refractivity contribution >= 4 is 11.9 Å². The summed E-state index contributed by atoms with van der Waals surface area (Å²) in [4.78, 5) is 24.0. The molecule has 1 atom stereocenters. The van der Waals surface area contributed by atoms with E-state index in [4.69, 9.17) is 9.47 Å². The Kier molecular flexibility index (Phi) is 7.64. The summed E-state index contributed by atoms with van der Waals surface area (Å²) in [6.07, 6.45) is 2.48. The summed E-state index contributed by atoms with van der Waals surface area (Å²) in [7, 11) is 0. The molecule has 0 fully saturated rings. The normalized spacial score (nSPS) is 12.9. The average Bonchev–Trinajstić information content (AvgIpc) is 2.29. The van der Waals surface area contributed by atoms with E-state index >= 15 is 0 Å². The van der Waals surface area contributed by atoms with E-state index in [-0.39, 0.29) is 19.1 Å². The van der Waals surface area contributed by atoms with Crippen molar-refractivity contribution in [2.45, 2.75) is 53.9 Å². The van der Waals surface area contributed by atoms with Crippen LogP contribution in [0.1, 0.15) is 53.9 Å². The van der Waals surface area contributed by atoms with Crippen LogP contribution in [0.4, 0.5) is 0 Å². The largest absolute Gasteiger partial charge is 0.465 e. The molecule has 18 heavy (non-hydrogen) atoms. The van der Waals surface area contributed by atoms with Gasteiger partial charge >= 0.3 is 11.9 Å². The molecule has 0 radical (unpaired) electrons. The van der Waals surface area contributed by atoms with Gasteiger partial charge < -0.3 is 9.47 Å². The lowest BCUT2D eigenvalue weighted by Gasteiger charge is -2.27. The first kappa shape index (κ1) is 16.9. The molecule has 0 aliphatic rings. The topological polar surface area (TPSA) is 52.6 Å². The fourth-order valence-corrected chi connectivity index (χ4v) is 2.12. The fraction of sp³-hybridized carbons (Fsp3) is 0.857. The molecule has 0 saturated carbocycles. The molecule has 0 aromatic heterocycles. The predicted octanol–water partition coefficient (Wildman–Crippen LogP) is 2.95. The standard InChI is InChI=1S/C14H26O4/c1-6-9-11(4)10-14(5,12(15)17-7-2)13(16)18-8-3/h11H,6-10H2,1-5H3. The van der Waals surface area contributed by atoms with E-state index in [0.717, 1.165) is 12.8 Å². The first-order valence-electron chi connectivity index (χ1n) is 6.76. The lowest BCUT2D eigenvalue weighted by Crippen LogP contribution is -2.40. The highest BCUT2D eigenvalue weighted by atomic mass is 16.6. The van der Waals surface area contributed by atoms with Crippen LogP contribution in [-0.4, -0.2) is 25.2 Å². The Hall–Kier alpha value is -1.06. The van der Waals surface area contributed by atoms with Gasteiger partial charge in [0, 0.05) is 0 Å². The van der Waals surface area contributed by atoms with Gasteiger partial charge in [-0.05, 0) is 33.1 Å². The average molecular weight is 258 g/mol. The third-order valence-corrected chi connectivity index (χ3v) is 2.99. The summed E-state index contributed by atoms with van der Waals surface area (Å²) < 4.78 is 10.0. The highest BCUT2D eigenvalue weighted by Gasteiger charge is 2.44. The number of carbonyl (C=O) groups excluding carboxylic acids is 2. The molecule has 0 spiro atoms. The third-order valence-electron chi connectivity index (χ3n) is 2.99. The molecule has 0 saturated heterocycles. The summed E-state index contributed by atoms with van der Waals surface area (Å²) in [6, 6.07) is 0. The number of hydrogen-bond acceptors (Lipinski definition) is 4. The van der Waals surface area contributed by atoms with Gasteiger partial charge in [0.05, 0.1) is 13.2 Å². The molecule has 1 unspecified atom stereocenters. The van der Waals surface area contributed by atoms with Crippen LogP contribution in [-0.2, 0) is 19.1 Å². The van der Waals surface area contributed by atoms with Crippen molar-refractivity contribution in [1.29, 1.82) is 0 Å². The Morgan fingerprint density at radius 3 is 1.83 bits per heavy atom. The summed E-state index contributed by atoms with van der Waals surface area (Å²) in [6.45, 7) is 9.77. The van der Waals surface area contributed by atoms with Crippen LogP contribution in [0.3, 0.4) is 0 Å². The van der Waals surface area contributed by atoms with E-state index in [9.17, 15) is 9.59 Å². The summed E-state index contributed by atoms with van der Waals surface area (Å²) >= 11 is 0. The van der Waals surface area contributed by atoms with Gasteiger partial charge in [0.15, 0.2) is 5.41 Å². The van der Waals surface area contributed by atoms with Crippen LogP contribution < -0.4 is 0 Å². The van der Waals surface area contributed by atoms with Crippen LogP contribution in [0.5, 0.6) is 0 Å². The van der Waals surface area contributed by atoms with Gasteiger partial charge in [-0.15, -0.1) is 0 Å². The second-order valence-corrected chi connectivity index (χ2v) is 4.87. The number of rotatable bonds is 8. The van der Waals surface area contributed by atoms with Crippen LogP contribution in [0, 0.1) is 11.3 Å². The van der Waals surface area contributed by atoms with E-state index in [2.05, 4.69) is 6.92 Å². The summed E-state index contributed by atoms with van der Waals surface area (Å²) in [5, 5.41) is 0. The highest BCUT2D eigenvalue weighted by Crippen LogP contribution is 2.31. The van der Waals surface area contributed by atoms with Gasteiger partial charge in [-0.3, -0.25) is 9.59 Å². The van der Waals surface area contributed by atoms with Crippen LogP contribution in [0.2, 0.25) is 0 Å². The first-order chi connectivity index (χ1) is 8.42. The van der Waals surface area contributed by atoms with Crippen LogP contribution >= 0.6 is 0 Å². The Bertz CT molecular complexity index is 255. The molecule has 0 aliphatic heterocycles. The third kappa shape index (κ3) is 4.67. The van der Waals surface area contributed by atoms with E-state index < -0.39 is 17.4 Å². The highest BCUT2D eigenvalue weighted by molar-refractivity contribution is 5.99. The summed E-state index contributed by atoms with van der Waals surface area (Å²) in [5.41, 5.74) is -1.18. The monoisotopic (exact) mass is 258 g/mol. The minimum Gasteiger partial charge on any atom is -0.465 e. The zero-order valence-electron chi connectivity index (χ0n) is 12.2. The molecule has 0 aromatic carbocycles. The Balaban J connectivity index is 4.90. The lowest BCUT2D eigenvalue weighted by molar-refractivity contribution is -0.172. The second kappa shape index (κ2) is 8.11. The minimum absolute atomic E-state index is 0.274. The van der Waals surface area contributed by atoms with E-state index in [1.807, 2.05) is 6.92 Å². The van der Waals surface area contributed by atoms with Crippen molar-refractivity contribution in [3.05, 3.63) is 0 Å². The smallest absolute Gasteiger partial charge is 0.323 e.